The Balaban J connectivity index is 1.73. The highest BCUT2D eigenvalue weighted by molar-refractivity contribution is 14.1. The third kappa shape index (κ3) is 3.58. The monoisotopic (exact) mass is 322 g/mol. The summed E-state index contributed by atoms with van der Waals surface area (Å²) in [4.78, 5) is 0. The highest BCUT2D eigenvalue weighted by Crippen LogP contribution is 2.38. The van der Waals surface area contributed by atoms with Gasteiger partial charge in [-0.15, -0.1) is 0 Å². The molecule has 2 saturated carbocycles. The van der Waals surface area contributed by atoms with E-state index < -0.39 is 0 Å². The van der Waals surface area contributed by atoms with E-state index in [4.69, 9.17) is 4.74 Å². The van der Waals surface area contributed by atoms with Gasteiger partial charge < -0.3 is 4.74 Å². The molecule has 88 valence electrons. The molecule has 0 heterocycles. The highest BCUT2D eigenvalue weighted by atomic mass is 127. The molecule has 2 heteroatoms. The molecule has 0 N–H and O–H groups in total. The van der Waals surface area contributed by atoms with E-state index in [1.807, 2.05) is 0 Å². The summed E-state index contributed by atoms with van der Waals surface area (Å²) in [6, 6.07) is 0. The molecule has 2 rings (SSSR count). The van der Waals surface area contributed by atoms with Crippen LogP contribution in [0.1, 0.15) is 51.9 Å². The van der Waals surface area contributed by atoms with Crippen LogP contribution < -0.4 is 0 Å². The van der Waals surface area contributed by atoms with Gasteiger partial charge in [-0.3, -0.25) is 0 Å². The van der Waals surface area contributed by atoms with Crippen LogP contribution in [0.4, 0.5) is 0 Å². The van der Waals surface area contributed by atoms with Crippen molar-refractivity contribution in [1.82, 2.24) is 0 Å². The Morgan fingerprint density at radius 1 is 1.20 bits per heavy atom. The summed E-state index contributed by atoms with van der Waals surface area (Å²) in [7, 11) is 0. The number of hydrogen-bond donors (Lipinski definition) is 0. The van der Waals surface area contributed by atoms with Gasteiger partial charge in [-0.25, -0.2) is 0 Å². The van der Waals surface area contributed by atoms with Crippen LogP contribution >= 0.6 is 22.6 Å². The zero-order valence-corrected chi connectivity index (χ0v) is 12.0. The van der Waals surface area contributed by atoms with Crippen molar-refractivity contribution in [3.8, 4) is 0 Å². The minimum absolute atomic E-state index is 0.252. The molecule has 0 aromatic heterocycles. The van der Waals surface area contributed by atoms with E-state index >= 15 is 0 Å². The van der Waals surface area contributed by atoms with Crippen LogP contribution in [0, 0.1) is 11.8 Å². The Bertz CT molecular complexity index is 193. The SMILES string of the molecule is CC1CCC(CI)(OCCC2CC2)CC1. The van der Waals surface area contributed by atoms with Crippen molar-refractivity contribution in [3.05, 3.63) is 0 Å². The molecule has 2 aliphatic carbocycles. The van der Waals surface area contributed by atoms with Crippen molar-refractivity contribution < 1.29 is 4.74 Å². The molecule has 0 aromatic rings. The highest BCUT2D eigenvalue weighted by Gasteiger charge is 2.34. The molecule has 0 aromatic carbocycles. The topological polar surface area (TPSA) is 9.23 Å². The zero-order valence-electron chi connectivity index (χ0n) is 9.80. The molecule has 0 amide bonds. The van der Waals surface area contributed by atoms with Crippen molar-refractivity contribution >= 4 is 22.6 Å². The Hall–Kier alpha value is 0.690. The number of rotatable bonds is 5. The van der Waals surface area contributed by atoms with Gasteiger partial charge in [0.2, 0.25) is 0 Å². The first kappa shape index (κ1) is 12.2. The number of hydrogen-bond acceptors (Lipinski definition) is 1. The van der Waals surface area contributed by atoms with Crippen molar-refractivity contribution in [2.24, 2.45) is 11.8 Å². The smallest absolute Gasteiger partial charge is 0.0771 e. The molecule has 2 fully saturated rings. The van der Waals surface area contributed by atoms with Gasteiger partial charge >= 0.3 is 0 Å². The van der Waals surface area contributed by atoms with Gasteiger partial charge in [0.15, 0.2) is 0 Å². The van der Waals surface area contributed by atoms with Crippen LogP contribution in [0.2, 0.25) is 0 Å². The predicted octanol–water partition coefficient (Wildman–Crippen LogP) is 4.19. The molecule has 0 spiro atoms. The lowest BCUT2D eigenvalue weighted by Gasteiger charge is -2.38. The molecule has 0 atom stereocenters. The van der Waals surface area contributed by atoms with Crippen LogP contribution in [0.25, 0.3) is 0 Å². The second kappa shape index (κ2) is 5.35. The standard InChI is InChI=1S/C13H23IO/c1-11-4-7-13(10-14,8-5-11)15-9-6-12-2-3-12/h11-12H,2-10H2,1H3. The molecule has 15 heavy (non-hydrogen) atoms. The summed E-state index contributed by atoms with van der Waals surface area (Å²) in [5.74, 6) is 1.94. The van der Waals surface area contributed by atoms with Gasteiger partial charge in [0, 0.05) is 11.0 Å². The van der Waals surface area contributed by atoms with Crippen molar-refractivity contribution in [1.29, 1.82) is 0 Å². The maximum Gasteiger partial charge on any atom is 0.0771 e. The van der Waals surface area contributed by atoms with Crippen molar-refractivity contribution in [2.75, 3.05) is 11.0 Å². The van der Waals surface area contributed by atoms with Gasteiger partial charge in [-0.05, 0) is 43.9 Å². The van der Waals surface area contributed by atoms with E-state index in [0.29, 0.717) is 0 Å². The van der Waals surface area contributed by atoms with Crippen LogP contribution in [-0.2, 0) is 4.74 Å². The van der Waals surface area contributed by atoms with Crippen LogP contribution in [-0.4, -0.2) is 16.6 Å². The van der Waals surface area contributed by atoms with Crippen LogP contribution in [0.5, 0.6) is 0 Å². The van der Waals surface area contributed by atoms with Crippen LogP contribution in [0.15, 0.2) is 0 Å². The molecule has 0 bridgehead atoms. The van der Waals surface area contributed by atoms with E-state index in [9.17, 15) is 0 Å². The maximum absolute atomic E-state index is 6.21. The first-order valence-corrected chi connectivity index (χ1v) is 7.96. The predicted molar refractivity (Wildman–Crippen MR) is 72.5 cm³/mol. The number of ether oxygens (including phenoxy) is 1. The van der Waals surface area contributed by atoms with Gasteiger partial charge in [0.05, 0.1) is 5.60 Å². The van der Waals surface area contributed by atoms with E-state index in [1.54, 1.807) is 0 Å². The zero-order chi connectivity index (χ0) is 10.7. The average Bonchev–Trinajstić information content (AvgIpc) is 3.06. The van der Waals surface area contributed by atoms with Crippen LogP contribution in [0.3, 0.4) is 0 Å². The lowest BCUT2D eigenvalue weighted by molar-refractivity contribution is -0.0593. The summed E-state index contributed by atoms with van der Waals surface area (Å²) in [5.41, 5.74) is 0.252. The van der Waals surface area contributed by atoms with E-state index in [-0.39, 0.29) is 5.60 Å². The van der Waals surface area contributed by atoms with Gasteiger partial charge in [-0.1, -0.05) is 42.4 Å². The Labute approximate surface area is 107 Å². The fourth-order valence-electron chi connectivity index (χ4n) is 2.45. The molecule has 0 aliphatic heterocycles. The largest absolute Gasteiger partial charge is 0.374 e. The summed E-state index contributed by atoms with van der Waals surface area (Å²) in [6.07, 6.45) is 9.55. The molecule has 0 unspecified atom stereocenters. The lowest BCUT2D eigenvalue weighted by atomic mass is 9.80. The third-order valence-corrected chi connectivity index (χ3v) is 5.45. The molecule has 0 radical (unpaired) electrons. The second-order valence-electron chi connectivity index (χ2n) is 5.58. The normalized spacial score (nSPS) is 36.8. The van der Waals surface area contributed by atoms with Crippen molar-refractivity contribution in [2.45, 2.75) is 57.5 Å². The quantitative estimate of drug-likeness (QED) is 0.545. The Morgan fingerprint density at radius 3 is 2.40 bits per heavy atom. The maximum atomic E-state index is 6.21. The number of alkyl halides is 1. The third-order valence-electron chi connectivity index (χ3n) is 4.06. The fourth-order valence-corrected chi connectivity index (χ4v) is 3.44. The van der Waals surface area contributed by atoms with Gasteiger partial charge in [0.25, 0.3) is 0 Å². The first-order valence-electron chi connectivity index (χ1n) is 6.44. The van der Waals surface area contributed by atoms with E-state index in [1.165, 1.54) is 49.4 Å². The van der Waals surface area contributed by atoms with Gasteiger partial charge in [-0.2, -0.15) is 0 Å². The summed E-state index contributed by atoms with van der Waals surface area (Å²) in [5, 5.41) is 0. The lowest BCUT2D eigenvalue weighted by Crippen LogP contribution is -2.38. The molecular formula is C13H23IO. The summed E-state index contributed by atoms with van der Waals surface area (Å²) >= 11 is 2.51. The molecular weight excluding hydrogens is 299 g/mol. The molecule has 0 saturated heterocycles. The Kier molecular flexibility index (Phi) is 4.33. The minimum Gasteiger partial charge on any atom is -0.374 e. The second-order valence-corrected chi connectivity index (χ2v) is 6.34. The Morgan fingerprint density at radius 2 is 1.87 bits per heavy atom. The molecule has 1 nitrogen and oxygen atoms in total. The van der Waals surface area contributed by atoms with Crippen molar-refractivity contribution in [3.63, 3.8) is 0 Å². The fraction of sp³-hybridized carbons (Fsp3) is 1.00. The van der Waals surface area contributed by atoms with E-state index in [0.717, 1.165) is 18.4 Å². The van der Waals surface area contributed by atoms with Gasteiger partial charge in [0.1, 0.15) is 0 Å². The first-order chi connectivity index (χ1) is 7.24. The summed E-state index contributed by atoms with van der Waals surface area (Å²) < 4.78 is 7.39. The number of halogens is 1. The molecule has 2 aliphatic rings. The van der Waals surface area contributed by atoms with E-state index in [2.05, 4.69) is 29.5 Å². The average molecular weight is 322 g/mol. The minimum atomic E-state index is 0.252. The summed E-state index contributed by atoms with van der Waals surface area (Å²) in [6.45, 7) is 3.39.